The van der Waals surface area contributed by atoms with Crippen LogP contribution in [-0.4, -0.2) is 59.2 Å². The second-order valence-corrected chi connectivity index (χ2v) is 9.78. The summed E-state index contributed by atoms with van der Waals surface area (Å²) in [4.78, 5) is 16.2. The Bertz CT molecular complexity index is 1070. The minimum atomic E-state index is -3.76. The first kappa shape index (κ1) is 22.7. The number of nitrogens with zero attached hydrogens (tertiary/aromatic N) is 2. The molecule has 0 aromatic heterocycles. The van der Waals surface area contributed by atoms with Crippen LogP contribution in [0.1, 0.15) is 24.0 Å². The number of carbonyl (C=O) groups is 1. The monoisotopic (exact) mass is 459 g/mol. The van der Waals surface area contributed by atoms with Gasteiger partial charge in [-0.05, 0) is 35.7 Å². The zero-order valence-corrected chi connectivity index (χ0v) is 19.1. The van der Waals surface area contributed by atoms with Crippen molar-refractivity contribution in [3.8, 4) is 5.75 Å². The topological polar surface area (TPSA) is 88.2 Å². The molecule has 8 nitrogen and oxygen atoms in total. The normalized spacial score (nSPS) is 17.7. The zero-order chi connectivity index (χ0) is 22.6. The molecule has 2 heterocycles. The van der Waals surface area contributed by atoms with E-state index in [0.29, 0.717) is 24.4 Å². The maximum atomic E-state index is 13.0. The van der Waals surface area contributed by atoms with Gasteiger partial charge in [0.15, 0.2) is 0 Å². The lowest BCUT2D eigenvalue weighted by Gasteiger charge is -2.26. The molecule has 9 heteroatoms. The highest BCUT2D eigenvalue weighted by Crippen LogP contribution is 2.33. The van der Waals surface area contributed by atoms with Gasteiger partial charge >= 0.3 is 0 Å². The second kappa shape index (κ2) is 9.99. The highest BCUT2D eigenvalue weighted by molar-refractivity contribution is 7.89. The van der Waals surface area contributed by atoms with Crippen LogP contribution in [0.5, 0.6) is 5.75 Å². The van der Waals surface area contributed by atoms with Crippen LogP contribution >= 0.6 is 0 Å². The Hall–Kier alpha value is -2.46. The third kappa shape index (κ3) is 5.29. The molecule has 2 saturated heterocycles. The van der Waals surface area contributed by atoms with E-state index < -0.39 is 10.0 Å². The molecule has 2 fully saturated rings. The van der Waals surface area contributed by atoms with Gasteiger partial charge in [-0.2, -0.15) is 0 Å². The molecule has 0 radical (unpaired) electrons. The number of benzene rings is 2. The molecule has 172 valence electrons. The number of amides is 1. The quantitative estimate of drug-likeness (QED) is 0.651. The summed E-state index contributed by atoms with van der Waals surface area (Å²) in [5, 5.41) is 0. The van der Waals surface area contributed by atoms with Gasteiger partial charge < -0.3 is 14.4 Å². The standard InChI is InChI=1S/C23H29N3O5S/c1-30-22-8-7-20(15-21(22)26-9-3-6-23(26)27)32(28,29)24-16-18-4-2-5-19(14-18)17-25-10-12-31-13-11-25/h2,4-5,7-8,14-15,24H,3,6,9-13,16-17H2,1H3. The molecule has 2 aliphatic heterocycles. The average molecular weight is 460 g/mol. The van der Waals surface area contributed by atoms with Gasteiger partial charge in [0.1, 0.15) is 5.75 Å². The van der Waals surface area contributed by atoms with Crippen LogP contribution in [0.4, 0.5) is 5.69 Å². The van der Waals surface area contributed by atoms with Crippen molar-refractivity contribution in [3.05, 3.63) is 53.6 Å². The van der Waals surface area contributed by atoms with Crippen LogP contribution in [0.25, 0.3) is 0 Å². The highest BCUT2D eigenvalue weighted by Gasteiger charge is 2.26. The predicted molar refractivity (Wildman–Crippen MR) is 121 cm³/mol. The Morgan fingerprint density at radius 3 is 2.56 bits per heavy atom. The van der Waals surface area contributed by atoms with E-state index >= 15 is 0 Å². The maximum Gasteiger partial charge on any atom is 0.240 e. The average Bonchev–Trinajstić information content (AvgIpc) is 3.24. The Kier molecular flexibility index (Phi) is 7.10. The van der Waals surface area contributed by atoms with Crippen molar-refractivity contribution in [2.75, 3.05) is 44.9 Å². The lowest BCUT2D eigenvalue weighted by Crippen LogP contribution is -2.35. The van der Waals surface area contributed by atoms with Crippen molar-refractivity contribution >= 4 is 21.6 Å². The smallest absolute Gasteiger partial charge is 0.240 e. The lowest BCUT2D eigenvalue weighted by atomic mass is 10.1. The number of sulfonamides is 1. The number of morpholine rings is 1. The number of rotatable bonds is 8. The minimum absolute atomic E-state index is 0.0251. The number of hydrogen-bond donors (Lipinski definition) is 1. The summed E-state index contributed by atoms with van der Waals surface area (Å²) < 4.78 is 39.4. The maximum absolute atomic E-state index is 13.0. The zero-order valence-electron chi connectivity index (χ0n) is 18.2. The van der Waals surface area contributed by atoms with Crippen molar-refractivity contribution in [1.82, 2.24) is 9.62 Å². The number of ether oxygens (including phenoxy) is 2. The van der Waals surface area contributed by atoms with Gasteiger partial charge in [-0.15, -0.1) is 0 Å². The van der Waals surface area contributed by atoms with E-state index in [-0.39, 0.29) is 17.3 Å². The first-order chi connectivity index (χ1) is 15.5. The van der Waals surface area contributed by atoms with Crippen molar-refractivity contribution in [2.24, 2.45) is 0 Å². The van der Waals surface area contributed by atoms with Gasteiger partial charge in [-0.1, -0.05) is 24.3 Å². The molecule has 0 unspecified atom stereocenters. The number of anilines is 1. The van der Waals surface area contributed by atoms with Crippen LogP contribution in [0.2, 0.25) is 0 Å². The highest BCUT2D eigenvalue weighted by atomic mass is 32.2. The van der Waals surface area contributed by atoms with E-state index in [1.807, 2.05) is 18.2 Å². The third-order valence-corrected chi connectivity index (χ3v) is 7.19. The van der Waals surface area contributed by atoms with E-state index in [1.54, 1.807) is 11.0 Å². The van der Waals surface area contributed by atoms with E-state index in [2.05, 4.69) is 15.7 Å². The fraction of sp³-hybridized carbons (Fsp3) is 0.435. The van der Waals surface area contributed by atoms with Crippen LogP contribution in [0, 0.1) is 0 Å². The largest absolute Gasteiger partial charge is 0.495 e. The fourth-order valence-corrected chi connectivity index (χ4v) is 5.11. The van der Waals surface area contributed by atoms with Gasteiger partial charge in [-0.25, -0.2) is 13.1 Å². The molecule has 0 bridgehead atoms. The summed E-state index contributed by atoms with van der Waals surface area (Å²) in [6.07, 6.45) is 1.21. The second-order valence-electron chi connectivity index (χ2n) is 8.02. The summed E-state index contributed by atoms with van der Waals surface area (Å²) in [6.45, 7) is 4.84. The van der Waals surface area contributed by atoms with Gasteiger partial charge in [0, 0.05) is 39.1 Å². The molecule has 1 amide bonds. The molecular formula is C23H29N3O5S. The molecule has 4 rings (SSSR count). The van der Waals surface area contributed by atoms with Crippen molar-refractivity contribution in [1.29, 1.82) is 0 Å². The van der Waals surface area contributed by atoms with Crippen LogP contribution < -0.4 is 14.4 Å². The molecule has 32 heavy (non-hydrogen) atoms. The summed E-state index contributed by atoms with van der Waals surface area (Å²) in [5.41, 5.74) is 2.52. The van der Waals surface area contributed by atoms with E-state index in [4.69, 9.17) is 9.47 Å². The SMILES string of the molecule is COc1ccc(S(=O)(=O)NCc2cccc(CN3CCOCC3)c2)cc1N1CCCC1=O. The molecule has 0 atom stereocenters. The number of nitrogens with one attached hydrogen (secondary N) is 1. The molecule has 2 aromatic carbocycles. The summed E-state index contributed by atoms with van der Waals surface area (Å²) in [5.74, 6) is 0.456. The molecule has 1 N–H and O–H groups in total. The fourth-order valence-electron chi connectivity index (χ4n) is 4.07. The van der Waals surface area contributed by atoms with Crippen LogP contribution in [-0.2, 0) is 32.6 Å². The number of methoxy groups -OCH3 is 1. The first-order valence-electron chi connectivity index (χ1n) is 10.8. The van der Waals surface area contributed by atoms with E-state index in [1.165, 1.54) is 19.2 Å². The van der Waals surface area contributed by atoms with Gasteiger partial charge in [0.05, 0.1) is 30.9 Å². The molecule has 2 aliphatic rings. The Balaban J connectivity index is 1.46. The summed E-state index contributed by atoms with van der Waals surface area (Å²) >= 11 is 0. The molecule has 0 spiro atoms. The molecular weight excluding hydrogens is 430 g/mol. The number of hydrogen-bond acceptors (Lipinski definition) is 6. The Labute approximate surface area is 189 Å². The van der Waals surface area contributed by atoms with Crippen molar-refractivity contribution < 1.29 is 22.7 Å². The van der Waals surface area contributed by atoms with Gasteiger partial charge in [0.2, 0.25) is 15.9 Å². The lowest BCUT2D eigenvalue weighted by molar-refractivity contribution is -0.117. The van der Waals surface area contributed by atoms with Crippen molar-refractivity contribution in [2.45, 2.75) is 30.8 Å². The Morgan fingerprint density at radius 2 is 1.84 bits per heavy atom. The summed E-state index contributed by atoms with van der Waals surface area (Å²) in [7, 11) is -2.25. The molecule has 0 saturated carbocycles. The van der Waals surface area contributed by atoms with Crippen LogP contribution in [0.3, 0.4) is 0 Å². The summed E-state index contributed by atoms with van der Waals surface area (Å²) in [6, 6.07) is 12.5. The molecule has 2 aromatic rings. The first-order valence-corrected chi connectivity index (χ1v) is 12.3. The molecule has 0 aliphatic carbocycles. The van der Waals surface area contributed by atoms with Gasteiger partial charge in [0.25, 0.3) is 0 Å². The van der Waals surface area contributed by atoms with E-state index in [0.717, 1.165) is 50.4 Å². The predicted octanol–water partition coefficient (Wildman–Crippen LogP) is 2.13. The van der Waals surface area contributed by atoms with Crippen molar-refractivity contribution in [3.63, 3.8) is 0 Å². The Morgan fingerprint density at radius 1 is 1.06 bits per heavy atom. The minimum Gasteiger partial charge on any atom is -0.495 e. The van der Waals surface area contributed by atoms with Gasteiger partial charge in [-0.3, -0.25) is 9.69 Å². The van der Waals surface area contributed by atoms with E-state index in [9.17, 15) is 13.2 Å². The number of carbonyl (C=O) groups excluding carboxylic acids is 1. The van der Waals surface area contributed by atoms with Crippen LogP contribution in [0.15, 0.2) is 47.4 Å². The third-order valence-electron chi connectivity index (χ3n) is 5.79.